The molecule has 0 aliphatic heterocycles. The standard InChI is InChI=1S/C14H24N2/c1-5-10-16(4)14(12(3)15)13-9-7-6-8-11(13)2/h6-9,12,14H,5,10,15H2,1-4H3. The number of rotatable bonds is 5. The maximum Gasteiger partial charge on any atom is 0.0496 e. The first kappa shape index (κ1) is 13.2. The van der Waals surface area contributed by atoms with Gasteiger partial charge in [-0.25, -0.2) is 0 Å². The van der Waals surface area contributed by atoms with Crippen LogP contribution in [0.4, 0.5) is 0 Å². The Morgan fingerprint density at radius 3 is 2.44 bits per heavy atom. The monoisotopic (exact) mass is 220 g/mol. The molecule has 0 aromatic heterocycles. The van der Waals surface area contributed by atoms with Crippen molar-refractivity contribution >= 4 is 0 Å². The number of likely N-dealkylation sites (N-methyl/N-ethyl adjacent to an activating group) is 1. The van der Waals surface area contributed by atoms with E-state index < -0.39 is 0 Å². The lowest BCUT2D eigenvalue weighted by Gasteiger charge is -2.32. The van der Waals surface area contributed by atoms with Gasteiger partial charge in [-0.05, 0) is 45.0 Å². The maximum atomic E-state index is 6.13. The Morgan fingerprint density at radius 1 is 1.31 bits per heavy atom. The van der Waals surface area contributed by atoms with Crippen LogP contribution in [-0.4, -0.2) is 24.5 Å². The van der Waals surface area contributed by atoms with Gasteiger partial charge in [-0.1, -0.05) is 31.2 Å². The lowest BCUT2D eigenvalue weighted by molar-refractivity contribution is 0.219. The maximum absolute atomic E-state index is 6.13. The molecular weight excluding hydrogens is 196 g/mol. The predicted octanol–water partition coefficient (Wildman–Crippen LogP) is 2.73. The molecule has 0 aliphatic carbocycles. The molecule has 2 nitrogen and oxygen atoms in total. The van der Waals surface area contributed by atoms with Crippen molar-refractivity contribution in [1.29, 1.82) is 0 Å². The summed E-state index contributed by atoms with van der Waals surface area (Å²) in [5.74, 6) is 0. The van der Waals surface area contributed by atoms with E-state index in [0.29, 0.717) is 6.04 Å². The Bertz CT molecular complexity index is 320. The first-order valence-electron chi connectivity index (χ1n) is 6.09. The highest BCUT2D eigenvalue weighted by molar-refractivity contribution is 5.29. The van der Waals surface area contributed by atoms with E-state index in [2.05, 4.69) is 57.0 Å². The zero-order chi connectivity index (χ0) is 12.1. The molecule has 0 saturated carbocycles. The number of hydrogen-bond acceptors (Lipinski definition) is 2. The topological polar surface area (TPSA) is 29.3 Å². The third-order valence-corrected chi connectivity index (χ3v) is 3.06. The first-order chi connectivity index (χ1) is 7.57. The van der Waals surface area contributed by atoms with Gasteiger partial charge in [-0.3, -0.25) is 4.90 Å². The van der Waals surface area contributed by atoms with E-state index in [-0.39, 0.29) is 6.04 Å². The fraction of sp³-hybridized carbons (Fsp3) is 0.571. The molecule has 0 bridgehead atoms. The summed E-state index contributed by atoms with van der Waals surface area (Å²) in [6.45, 7) is 7.53. The Kier molecular flexibility index (Phi) is 4.97. The summed E-state index contributed by atoms with van der Waals surface area (Å²) in [4.78, 5) is 2.35. The Hall–Kier alpha value is -0.860. The van der Waals surface area contributed by atoms with Crippen LogP contribution in [0.15, 0.2) is 24.3 Å². The minimum absolute atomic E-state index is 0.151. The van der Waals surface area contributed by atoms with E-state index in [9.17, 15) is 0 Å². The second-order valence-electron chi connectivity index (χ2n) is 4.64. The van der Waals surface area contributed by atoms with Crippen LogP contribution in [-0.2, 0) is 0 Å². The molecule has 0 fully saturated rings. The van der Waals surface area contributed by atoms with E-state index >= 15 is 0 Å². The molecule has 1 aromatic carbocycles. The van der Waals surface area contributed by atoms with Crippen LogP contribution in [0.3, 0.4) is 0 Å². The van der Waals surface area contributed by atoms with Gasteiger partial charge in [0.15, 0.2) is 0 Å². The largest absolute Gasteiger partial charge is 0.326 e. The Balaban J connectivity index is 2.98. The second kappa shape index (κ2) is 6.02. The smallest absolute Gasteiger partial charge is 0.0496 e. The summed E-state index contributed by atoms with van der Waals surface area (Å²) in [6, 6.07) is 8.99. The summed E-state index contributed by atoms with van der Waals surface area (Å²) in [5.41, 5.74) is 8.81. The molecule has 1 aromatic rings. The van der Waals surface area contributed by atoms with E-state index in [1.807, 2.05) is 0 Å². The van der Waals surface area contributed by atoms with Crippen molar-refractivity contribution in [2.24, 2.45) is 5.73 Å². The Labute approximate surface area is 99.5 Å². The highest BCUT2D eigenvalue weighted by Gasteiger charge is 2.21. The molecule has 0 amide bonds. The molecule has 2 unspecified atom stereocenters. The van der Waals surface area contributed by atoms with Gasteiger partial charge in [0.1, 0.15) is 0 Å². The number of aryl methyl sites for hydroxylation is 1. The van der Waals surface area contributed by atoms with Crippen molar-refractivity contribution in [2.45, 2.75) is 39.3 Å². The molecule has 2 heteroatoms. The molecule has 1 rings (SSSR count). The van der Waals surface area contributed by atoms with Gasteiger partial charge < -0.3 is 5.73 Å². The summed E-state index contributed by atoms with van der Waals surface area (Å²) < 4.78 is 0. The summed E-state index contributed by atoms with van der Waals surface area (Å²) >= 11 is 0. The van der Waals surface area contributed by atoms with Crippen molar-refractivity contribution in [2.75, 3.05) is 13.6 Å². The van der Waals surface area contributed by atoms with Gasteiger partial charge in [0.2, 0.25) is 0 Å². The van der Waals surface area contributed by atoms with E-state index in [0.717, 1.165) is 13.0 Å². The number of hydrogen-bond donors (Lipinski definition) is 1. The number of benzene rings is 1. The fourth-order valence-corrected chi connectivity index (χ4v) is 2.33. The third-order valence-electron chi connectivity index (χ3n) is 3.06. The van der Waals surface area contributed by atoms with E-state index in [4.69, 9.17) is 5.73 Å². The van der Waals surface area contributed by atoms with Gasteiger partial charge in [0.25, 0.3) is 0 Å². The van der Waals surface area contributed by atoms with Crippen LogP contribution in [0.25, 0.3) is 0 Å². The fourth-order valence-electron chi connectivity index (χ4n) is 2.33. The predicted molar refractivity (Wildman–Crippen MR) is 70.5 cm³/mol. The lowest BCUT2D eigenvalue weighted by atomic mass is 9.95. The normalized spacial score (nSPS) is 15.1. The minimum Gasteiger partial charge on any atom is -0.326 e. The molecule has 2 N–H and O–H groups in total. The second-order valence-corrected chi connectivity index (χ2v) is 4.64. The molecule has 90 valence electrons. The molecule has 2 atom stereocenters. The van der Waals surface area contributed by atoms with Crippen molar-refractivity contribution < 1.29 is 0 Å². The Morgan fingerprint density at radius 2 is 1.94 bits per heavy atom. The highest BCUT2D eigenvalue weighted by atomic mass is 15.1. The lowest BCUT2D eigenvalue weighted by Crippen LogP contribution is -2.38. The highest BCUT2D eigenvalue weighted by Crippen LogP contribution is 2.25. The SMILES string of the molecule is CCCN(C)C(c1ccccc1C)C(C)N. The van der Waals surface area contributed by atoms with Crippen molar-refractivity contribution in [3.05, 3.63) is 35.4 Å². The van der Waals surface area contributed by atoms with Gasteiger partial charge in [0.05, 0.1) is 0 Å². The van der Waals surface area contributed by atoms with Crippen molar-refractivity contribution in [3.8, 4) is 0 Å². The van der Waals surface area contributed by atoms with Gasteiger partial charge >= 0.3 is 0 Å². The summed E-state index contributed by atoms with van der Waals surface area (Å²) in [6.07, 6.45) is 1.16. The zero-order valence-corrected chi connectivity index (χ0v) is 10.9. The zero-order valence-electron chi connectivity index (χ0n) is 10.9. The molecule has 16 heavy (non-hydrogen) atoms. The number of nitrogens with zero attached hydrogens (tertiary/aromatic N) is 1. The molecule has 0 heterocycles. The molecule has 0 aliphatic rings. The van der Waals surface area contributed by atoms with Crippen LogP contribution in [0.1, 0.15) is 37.4 Å². The van der Waals surface area contributed by atoms with Crippen LogP contribution in [0, 0.1) is 6.92 Å². The van der Waals surface area contributed by atoms with Crippen LogP contribution >= 0.6 is 0 Å². The van der Waals surface area contributed by atoms with E-state index in [1.54, 1.807) is 0 Å². The minimum atomic E-state index is 0.151. The van der Waals surface area contributed by atoms with Crippen LogP contribution in [0.5, 0.6) is 0 Å². The quantitative estimate of drug-likeness (QED) is 0.826. The third kappa shape index (κ3) is 3.06. The molecule has 0 saturated heterocycles. The molecule has 0 spiro atoms. The molecule has 0 radical (unpaired) electrons. The van der Waals surface area contributed by atoms with E-state index in [1.165, 1.54) is 11.1 Å². The van der Waals surface area contributed by atoms with Crippen LogP contribution in [0.2, 0.25) is 0 Å². The van der Waals surface area contributed by atoms with Gasteiger partial charge in [0, 0.05) is 12.1 Å². The summed E-state index contributed by atoms with van der Waals surface area (Å²) in [7, 11) is 2.16. The first-order valence-corrected chi connectivity index (χ1v) is 6.09. The number of nitrogens with two attached hydrogens (primary N) is 1. The van der Waals surface area contributed by atoms with Crippen LogP contribution < -0.4 is 5.73 Å². The average molecular weight is 220 g/mol. The molecular formula is C14H24N2. The van der Waals surface area contributed by atoms with Gasteiger partial charge in [-0.2, -0.15) is 0 Å². The van der Waals surface area contributed by atoms with Gasteiger partial charge in [-0.15, -0.1) is 0 Å². The van der Waals surface area contributed by atoms with Crippen molar-refractivity contribution in [3.63, 3.8) is 0 Å². The summed E-state index contributed by atoms with van der Waals surface area (Å²) in [5, 5.41) is 0. The average Bonchev–Trinajstić information content (AvgIpc) is 2.21. The van der Waals surface area contributed by atoms with Crippen molar-refractivity contribution in [1.82, 2.24) is 4.90 Å².